The first kappa shape index (κ1) is 17.3. The summed E-state index contributed by atoms with van der Waals surface area (Å²) in [5, 5.41) is 2.79. The van der Waals surface area contributed by atoms with Crippen LogP contribution in [-0.4, -0.2) is 19.1 Å². The van der Waals surface area contributed by atoms with Crippen LogP contribution in [0.5, 0.6) is 11.5 Å². The topological polar surface area (TPSA) is 47.6 Å². The van der Waals surface area contributed by atoms with Crippen LogP contribution in [0.2, 0.25) is 0 Å². The van der Waals surface area contributed by atoms with E-state index in [1.807, 2.05) is 45.0 Å². The summed E-state index contributed by atoms with van der Waals surface area (Å²) in [5.74, 6) is 1.26. The first-order chi connectivity index (χ1) is 11.0. The van der Waals surface area contributed by atoms with E-state index >= 15 is 0 Å². The van der Waals surface area contributed by atoms with Gasteiger partial charge in [-0.25, -0.2) is 0 Å². The van der Waals surface area contributed by atoms with E-state index in [4.69, 9.17) is 9.47 Å². The number of nitrogens with one attached hydrogen (secondary N) is 1. The molecule has 0 fully saturated rings. The van der Waals surface area contributed by atoms with Crippen LogP contribution in [0.4, 0.5) is 5.69 Å². The van der Waals surface area contributed by atoms with Crippen molar-refractivity contribution in [3.05, 3.63) is 52.0 Å². The van der Waals surface area contributed by atoms with Gasteiger partial charge in [0.1, 0.15) is 11.5 Å². The van der Waals surface area contributed by atoms with Gasteiger partial charge in [-0.05, 0) is 68.3 Å². The lowest BCUT2D eigenvalue weighted by atomic mass is 10.1. The molecular formula is C18H20BrNO3. The molecule has 0 saturated heterocycles. The molecule has 0 bridgehead atoms. The molecule has 0 atom stereocenters. The van der Waals surface area contributed by atoms with Crippen LogP contribution in [0.1, 0.15) is 18.1 Å². The molecule has 2 aromatic rings. The second-order valence-corrected chi connectivity index (χ2v) is 5.96. The van der Waals surface area contributed by atoms with E-state index in [9.17, 15) is 4.79 Å². The number of rotatable bonds is 6. The molecule has 0 aromatic heterocycles. The first-order valence-corrected chi connectivity index (χ1v) is 8.21. The van der Waals surface area contributed by atoms with Crippen LogP contribution in [-0.2, 0) is 4.79 Å². The largest absolute Gasteiger partial charge is 0.494 e. The van der Waals surface area contributed by atoms with Crippen molar-refractivity contribution in [3.8, 4) is 11.5 Å². The quantitative estimate of drug-likeness (QED) is 0.806. The normalized spacial score (nSPS) is 10.3. The fourth-order valence-corrected chi connectivity index (χ4v) is 2.37. The molecule has 5 heteroatoms. The third-order valence-electron chi connectivity index (χ3n) is 3.23. The van der Waals surface area contributed by atoms with Crippen LogP contribution >= 0.6 is 15.9 Å². The van der Waals surface area contributed by atoms with Gasteiger partial charge in [-0.2, -0.15) is 0 Å². The lowest BCUT2D eigenvalue weighted by molar-refractivity contribution is -0.118. The third kappa shape index (κ3) is 4.99. The molecule has 0 heterocycles. The van der Waals surface area contributed by atoms with Gasteiger partial charge in [0.15, 0.2) is 6.61 Å². The maximum absolute atomic E-state index is 12.0. The molecule has 23 heavy (non-hydrogen) atoms. The van der Waals surface area contributed by atoms with Crippen molar-refractivity contribution in [1.29, 1.82) is 0 Å². The average Bonchev–Trinajstić information content (AvgIpc) is 2.52. The molecule has 2 aromatic carbocycles. The minimum Gasteiger partial charge on any atom is -0.494 e. The number of benzene rings is 2. The number of hydrogen-bond donors (Lipinski definition) is 1. The Bertz CT molecular complexity index is 660. The summed E-state index contributed by atoms with van der Waals surface area (Å²) in [6, 6.07) is 11.1. The van der Waals surface area contributed by atoms with E-state index in [1.165, 1.54) is 0 Å². The van der Waals surface area contributed by atoms with Gasteiger partial charge in [0.05, 0.1) is 6.61 Å². The van der Waals surface area contributed by atoms with E-state index in [1.54, 1.807) is 12.1 Å². The molecule has 1 N–H and O–H groups in total. The highest BCUT2D eigenvalue weighted by molar-refractivity contribution is 9.10. The molecule has 0 aliphatic heterocycles. The first-order valence-electron chi connectivity index (χ1n) is 7.42. The number of anilines is 1. The highest BCUT2D eigenvalue weighted by Gasteiger charge is 2.07. The molecule has 4 nitrogen and oxygen atoms in total. The van der Waals surface area contributed by atoms with E-state index < -0.39 is 0 Å². The summed E-state index contributed by atoms with van der Waals surface area (Å²) in [6.45, 7) is 6.49. The number of carbonyl (C=O) groups excluding carboxylic acids is 1. The van der Waals surface area contributed by atoms with Crippen LogP contribution in [0.15, 0.2) is 40.9 Å². The summed E-state index contributed by atoms with van der Waals surface area (Å²) in [7, 11) is 0. The standard InChI is InChI=1S/C18H20BrNO3/c1-4-22-15-7-5-14(6-8-15)20-17(21)11-23-16-9-12(2)18(19)13(3)10-16/h5-10H,4,11H2,1-3H3,(H,20,21). The van der Waals surface area contributed by atoms with Crippen molar-refractivity contribution in [1.82, 2.24) is 0 Å². The zero-order valence-electron chi connectivity index (χ0n) is 13.5. The minimum atomic E-state index is -0.201. The summed E-state index contributed by atoms with van der Waals surface area (Å²) < 4.78 is 12.0. The summed E-state index contributed by atoms with van der Waals surface area (Å²) in [5.41, 5.74) is 2.86. The zero-order valence-corrected chi connectivity index (χ0v) is 15.1. The monoisotopic (exact) mass is 377 g/mol. The molecule has 0 aliphatic carbocycles. The van der Waals surface area contributed by atoms with E-state index in [0.717, 1.165) is 21.3 Å². The van der Waals surface area contributed by atoms with Gasteiger partial charge >= 0.3 is 0 Å². The highest BCUT2D eigenvalue weighted by Crippen LogP contribution is 2.26. The van der Waals surface area contributed by atoms with E-state index in [2.05, 4.69) is 21.2 Å². The summed E-state index contributed by atoms with van der Waals surface area (Å²) >= 11 is 3.51. The lowest BCUT2D eigenvalue weighted by Gasteiger charge is -2.11. The Morgan fingerprint density at radius 2 is 1.65 bits per heavy atom. The number of aryl methyl sites for hydroxylation is 2. The second kappa shape index (κ2) is 8.02. The SMILES string of the molecule is CCOc1ccc(NC(=O)COc2cc(C)c(Br)c(C)c2)cc1. The van der Waals surface area contributed by atoms with Crippen LogP contribution in [0.3, 0.4) is 0 Å². The van der Waals surface area contributed by atoms with Crippen LogP contribution in [0.25, 0.3) is 0 Å². The predicted molar refractivity (Wildman–Crippen MR) is 95.4 cm³/mol. The highest BCUT2D eigenvalue weighted by atomic mass is 79.9. The van der Waals surface area contributed by atoms with Gasteiger partial charge in [-0.1, -0.05) is 15.9 Å². The molecule has 0 saturated carbocycles. The molecule has 0 aliphatic rings. The van der Waals surface area contributed by atoms with Gasteiger partial charge in [-0.15, -0.1) is 0 Å². The van der Waals surface area contributed by atoms with Crippen LogP contribution < -0.4 is 14.8 Å². The Morgan fingerprint density at radius 1 is 1.04 bits per heavy atom. The van der Waals surface area contributed by atoms with Crippen molar-refractivity contribution >= 4 is 27.5 Å². The number of hydrogen-bond acceptors (Lipinski definition) is 3. The number of halogens is 1. The Morgan fingerprint density at radius 3 is 2.22 bits per heavy atom. The maximum Gasteiger partial charge on any atom is 0.262 e. The van der Waals surface area contributed by atoms with Crippen molar-refractivity contribution in [3.63, 3.8) is 0 Å². The summed E-state index contributed by atoms with van der Waals surface area (Å²) in [6.07, 6.45) is 0. The lowest BCUT2D eigenvalue weighted by Crippen LogP contribution is -2.20. The molecular weight excluding hydrogens is 358 g/mol. The molecule has 0 spiro atoms. The molecule has 0 unspecified atom stereocenters. The van der Waals surface area contributed by atoms with Crippen molar-refractivity contribution in [2.45, 2.75) is 20.8 Å². The number of ether oxygens (including phenoxy) is 2. The van der Waals surface area contributed by atoms with Gasteiger partial charge in [0.25, 0.3) is 5.91 Å². The van der Waals surface area contributed by atoms with E-state index in [0.29, 0.717) is 18.0 Å². The fraction of sp³-hybridized carbons (Fsp3) is 0.278. The Kier molecular flexibility index (Phi) is 6.04. The van der Waals surface area contributed by atoms with Gasteiger partial charge < -0.3 is 14.8 Å². The molecule has 122 valence electrons. The van der Waals surface area contributed by atoms with E-state index in [-0.39, 0.29) is 12.5 Å². The van der Waals surface area contributed by atoms with Gasteiger partial charge in [-0.3, -0.25) is 4.79 Å². The zero-order chi connectivity index (χ0) is 16.8. The molecule has 0 radical (unpaired) electrons. The Hall–Kier alpha value is -2.01. The smallest absolute Gasteiger partial charge is 0.262 e. The second-order valence-electron chi connectivity index (χ2n) is 5.17. The third-order valence-corrected chi connectivity index (χ3v) is 4.48. The Balaban J connectivity index is 1.90. The van der Waals surface area contributed by atoms with Gasteiger partial charge in [0, 0.05) is 10.2 Å². The van der Waals surface area contributed by atoms with Gasteiger partial charge in [0.2, 0.25) is 0 Å². The predicted octanol–water partition coefficient (Wildman–Crippen LogP) is 4.48. The van der Waals surface area contributed by atoms with Crippen molar-refractivity contribution in [2.75, 3.05) is 18.5 Å². The number of amides is 1. The van der Waals surface area contributed by atoms with Crippen LogP contribution in [0, 0.1) is 13.8 Å². The van der Waals surface area contributed by atoms with Crippen molar-refractivity contribution in [2.24, 2.45) is 0 Å². The van der Waals surface area contributed by atoms with Crippen molar-refractivity contribution < 1.29 is 14.3 Å². The Labute approximate surface area is 144 Å². The molecule has 1 amide bonds. The summed E-state index contributed by atoms with van der Waals surface area (Å²) in [4.78, 5) is 12.0. The minimum absolute atomic E-state index is 0.0340. The average molecular weight is 378 g/mol. The maximum atomic E-state index is 12.0. The fourth-order valence-electron chi connectivity index (χ4n) is 2.14. The number of carbonyl (C=O) groups is 1. The molecule has 2 rings (SSSR count).